The summed E-state index contributed by atoms with van der Waals surface area (Å²) in [5, 5.41) is 1.84. The third-order valence-corrected chi connectivity index (χ3v) is 2.38. The summed E-state index contributed by atoms with van der Waals surface area (Å²) in [4.78, 5) is 0. The second-order valence-electron chi connectivity index (χ2n) is 3.43. The van der Waals surface area contributed by atoms with Crippen molar-refractivity contribution in [2.45, 2.75) is 25.6 Å². The summed E-state index contributed by atoms with van der Waals surface area (Å²) in [6.45, 7) is 1.08. The molecule has 0 aromatic heterocycles. The third-order valence-electron chi connectivity index (χ3n) is 2.07. The maximum atomic E-state index is 12.6. The van der Waals surface area contributed by atoms with Gasteiger partial charge in [0.05, 0.1) is 22.3 Å². The number of para-hydroxylation sites is 1. The van der Waals surface area contributed by atoms with Crippen LogP contribution < -0.4 is 5.32 Å². The van der Waals surface area contributed by atoms with Gasteiger partial charge in [-0.1, -0.05) is 17.7 Å². The van der Waals surface area contributed by atoms with Crippen molar-refractivity contribution < 1.29 is 22.0 Å². The van der Waals surface area contributed by atoms with Crippen LogP contribution in [0, 0.1) is 0 Å². The lowest BCUT2D eigenvalue weighted by Gasteiger charge is -2.19. The summed E-state index contributed by atoms with van der Waals surface area (Å²) in [7, 11) is 0. The van der Waals surface area contributed by atoms with E-state index in [1.165, 1.54) is 6.07 Å². The first-order valence-corrected chi connectivity index (χ1v) is 5.01. The minimum Gasteiger partial charge on any atom is -0.375 e. The Morgan fingerprint density at radius 2 is 1.82 bits per heavy atom. The molecule has 0 spiro atoms. The maximum Gasteiger partial charge on any atom is 0.418 e. The molecule has 1 atom stereocenters. The standard InChI is InChI=1S/C10H9ClF5N/c1-5(9(12)13)17-8-6(10(14,15)16)3-2-4-7(8)11/h2-5,9,17H,1H3. The molecule has 0 aliphatic heterocycles. The Kier molecular flexibility index (Phi) is 4.19. The molecule has 0 saturated heterocycles. The largest absolute Gasteiger partial charge is 0.418 e. The molecule has 0 heterocycles. The van der Waals surface area contributed by atoms with Crippen molar-refractivity contribution >= 4 is 17.3 Å². The number of hydrogen-bond acceptors (Lipinski definition) is 1. The molecule has 0 fully saturated rings. The molecule has 1 aromatic rings. The van der Waals surface area contributed by atoms with Gasteiger partial charge in [0.1, 0.15) is 0 Å². The van der Waals surface area contributed by atoms with E-state index in [9.17, 15) is 22.0 Å². The lowest BCUT2D eigenvalue weighted by atomic mass is 10.1. The van der Waals surface area contributed by atoms with Crippen LogP contribution in [0.3, 0.4) is 0 Å². The van der Waals surface area contributed by atoms with E-state index >= 15 is 0 Å². The van der Waals surface area contributed by atoms with E-state index in [1.807, 2.05) is 0 Å². The molecule has 96 valence electrons. The van der Waals surface area contributed by atoms with E-state index in [2.05, 4.69) is 5.32 Å². The van der Waals surface area contributed by atoms with Crippen LogP contribution in [0.25, 0.3) is 0 Å². The van der Waals surface area contributed by atoms with Crippen molar-refractivity contribution in [3.63, 3.8) is 0 Å². The summed E-state index contributed by atoms with van der Waals surface area (Å²) < 4.78 is 62.4. The van der Waals surface area contributed by atoms with Gasteiger partial charge in [0.2, 0.25) is 0 Å². The number of nitrogens with one attached hydrogen (secondary N) is 1. The minimum atomic E-state index is -4.64. The van der Waals surface area contributed by atoms with Crippen molar-refractivity contribution in [1.29, 1.82) is 0 Å². The van der Waals surface area contributed by atoms with E-state index in [1.54, 1.807) is 0 Å². The predicted molar refractivity (Wildman–Crippen MR) is 55.5 cm³/mol. The summed E-state index contributed by atoms with van der Waals surface area (Å²) in [5.41, 5.74) is -1.58. The topological polar surface area (TPSA) is 12.0 Å². The Hall–Kier alpha value is -1.04. The zero-order chi connectivity index (χ0) is 13.2. The molecule has 1 nitrogen and oxygen atoms in total. The molecule has 0 amide bonds. The van der Waals surface area contributed by atoms with Gasteiger partial charge in [-0.3, -0.25) is 0 Å². The molecule has 0 aliphatic carbocycles. The van der Waals surface area contributed by atoms with E-state index in [0.29, 0.717) is 0 Å². The average Bonchev–Trinajstić information content (AvgIpc) is 2.18. The highest BCUT2D eigenvalue weighted by Crippen LogP contribution is 2.38. The highest BCUT2D eigenvalue weighted by atomic mass is 35.5. The SMILES string of the molecule is CC(Nc1c(Cl)cccc1C(F)(F)F)C(F)F. The Morgan fingerprint density at radius 3 is 2.29 bits per heavy atom. The van der Waals surface area contributed by atoms with Crippen LogP contribution in [0.2, 0.25) is 5.02 Å². The molecule has 7 heteroatoms. The van der Waals surface area contributed by atoms with Gasteiger partial charge in [-0.15, -0.1) is 0 Å². The van der Waals surface area contributed by atoms with Crippen LogP contribution in [-0.2, 0) is 6.18 Å². The number of alkyl halides is 5. The zero-order valence-corrected chi connectivity index (χ0v) is 9.41. The molecule has 1 aromatic carbocycles. The second kappa shape index (κ2) is 5.08. The number of anilines is 1. The molecule has 17 heavy (non-hydrogen) atoms. The molecule has 0 aliphatic rings. The Balaban J connectivity index is 3.13. The summed E-state index contributed by atoms with van der Waals surface area (Å²) in [5.74, 6) is 0. The number of halogens is 6. The lowest BCUT2D eigenvalue weighted by molar-refractivity contribution is -0.137. The number of hydrogen-bond donors (Lipinski definition) is 1. The molecule has 0 radical (unpaired) electrons. The van der Waals surface area contributed by atoms with Gasteiger partial charge >= 0.3 is 6.18 Å². The highest BCUT2D eigenvalue weighted by molar-refractivity contribution is 6.33. The molecular formula is C10H9ClF5N. The minimum absolute atomic E-state index is 0.243. The molecule has 0 saturated carbocycles. The van der Waals surface area contributed by atoms with Crippen molar-refractivity contribution in [3.05, 3.63) is 28.8 Å². The summed E-state index contributed by atoms with van der Waals surface area (Å²) in [6, 6.07) is 1.68. The van der Waals surface area contributed by atoms with Crippen LogP contribution in [0.5, 0.6) is 0 Å². The zero-order valence-electron chi connectivity index (χ0n) is 8.65. The van der Waals surface area contributed by atoms with Crippen molar-refractivity contribution in [2.24, 2.45) is 0 Å². The molecule has 1 unspecified atom stereocenters. The van der Waals surface area contributed by atoms with E-state index in [-0.39, 0.29) is 5.02 Å². The van der Waals surface area contributed by atoms with Crippen LogP contribution >= 0.6 is 11.6 Å². The fourth-order valence-electron chi connectivity index (χ4n) is 1.20. The smallest absolute Gasteiger partial charge is 0.375 e. The van der Waals surface area contributed by atoms with Gasteiger partial charge in [0, 0.05) is 0 Å². The van der Waals surface area contributed by atoms with Gasteiger partial charge in [-0.25, -0.2) is 8.78 Å². The first-order chi connectivity index (χ1) is 7.73. The second-order valence-corrected chi connectivity index (χ2v) is 3.83. The Bertz CT molecular complexity index is 391. The van der Waals surface area contributed by atoms with Crippen LogP contribution in [-0.4, -0.2) is 12.5 Å². The first kappa shape index (κ1) is 14.0. The van der Waals surface area contributed by atoms with Crippen LogP contribution in [0.4, 0.5) is 27.6 Å². The predicted octanol–water partition coefficient (Wildman–Crippen LogP) is 4.42. The van der Waals surface area contributed by atoms with Crippen LogP contribution in [0.15, 0.2) is 18.2 Å². The van der Waals surface area contributed by atoms with Crippen molar-refractivity contribution in [1.82, 2.24) is 0 Å². The van der Waals surface area contributed by atoms with Gasteiger partial charge in [0.15, 0.2) is 0 Å². The van der Waals surface area contributed by atoms with Gasteiger partial charge in [-0.2, -0.15) is 13.2 Å². The van der Waals surface area contributed by atoms with Gasteiger partial charge in [0.25, 0.3) is 6.43 Å². The maximum absolute atomic E-state index is 12.6. The van der Waals surface area contributed by atoms with Crippen LogP contribution in [0.1, 0.15) is 12.5 Å². The molecule has 0 bridgehead atoms. The molecule has 1 rings (SSSR count). The van der Waals surface area contributed by atoms with E-state index in [0.717, 1.165) is 19.1 Å². The summed E-state index contributed by atoms with van der Waals surface area (Å²) in [6.07, 6.45) is -7.43. The Labute approximate surface area is 99.6 Å². The fraction of sp³-hybridized carbons (Fsp3) is 0.400. The highest BCUT2D eigenvalue weighted by Gasteiger charge is 2.35. The van der Waals surface area contributed by atoms with Gasteiger partial charge < -0.3 is 5.32 Å². The van der Waals surface area contributed by atoms with Crippen molar-refractivity contribution in [2.75, 3.05) is 5.32 Å². The lowest BCUT2D eigenvalue weighted by Crippen LogP contribution is -2.25. The number of rotatable bonds is 3. The summed E-state index contributed by atoms with van der Waals surface area (Å²) >= 11 is 5.58. The monoisotopic (exact) mass is 273 g/mol. The van der Waals surface area contributed by atoms with E-state index < -0.39 is 29.9 Å². The molecule has 1 N–H and O–H groups in total. The molecular weight excluding hydrogens is 265 g/mol. The normalized spacial score (nSPS) is 13.9. The first-order valence-electron chi connectivity index (χ1n) is 4.64. The van der Waals surface area contributed by atoms with Crippen molar-refractivity contribution in [3.8, 4) is 0 Å². The number of benzene rings is 1. The Morgan fingerprint density at radius 1 is 1.24 bits per heavy atom. The van der Waals surface area contributed by atoms with Gasteiger partial charge in [-0.05, 0) is 19.1 Å². The quantitative estimate of drug-likeness (QED) is 0.804. The van der Waals surface area contributed by atoms with E-state index in [4.69, 9.17) is 11.6 Å². The fourth-order valence-corrected chi connectivity index (χ4v) is 1.43. The average molecular weight is 274 g/mol. The third kappa shape index (κ3) is 3.46.